The Bertz CT molecular complexity index is 630. The lowest BCUT2D eigenvalue weighted by Crippen LogP contribution is -2.18. The van der Waals surface area contributed by atoms with E-state index in [1.54, 1.807) is 0 Å². The molecule has 1 unspecified atom stereocenters. The van der Waals surface area contributed by atoms with Gasteiger partial charge in [-0.15, -0.1) is 0 Å². The van der Waals surface area contributed by atoms with Crippen LogP contribution in [-0.2, 0) is 6.42 Å². The first-order chi connectivity index (χ1) is 9.86. The molecule has 0 bridgehead atoms. The minimum Gasteiger partial charge on any atom is -0.457 e. The van der Waals surface area contributed by atoms with Crippen molar-refractivity contribution in [2.24, 2.45) is 5.73 Å². The summed E-state index contributed by atoms with van der Waals surface area (Å²) < 4.78 is 8.22. The number of aryl methyl sites for hydroxylation is 2. The summed E-state index contributed by atoms with van der Waals surface area (Å²) in [5, 5.41) is 0. The number of benzene rings is 2. The molecule has 0 aliphatic heterocycles. The molecule has 2 aromatic carbocycles. The second kappa shape index (κ2) is 6.95. The second-order valence-corrected chi connectivity index (χ2v) is 7.12. The second-order valence-electron chi connectivity index (χ2n) is 5.41. The quantitative estimate of drug-likeness (QED) is 0.718. The Morgan fingerprint density at radius 2 is 1.71 bits per heavy atom. The fourth-order valence-corrected chi connectivity index (χ4v) is 2.80. The van der Waals surface area contributed by atoms with Crippen LogP contribution in [0.5, 0.6) is 11.5 Å². The van der Waals surface area contributed by atoms with Crippen molar-refractivity contribution in [2.45, 2.75) is 33.2 Å². The third-order valence-corrected chi connectivity index (χ3v) is 4.95. The monoisotopic (exact) mass is 411 g/mol. The van der Waals surface area contributed by atoms with Crippen LogP contribution >= 0.6 is 31.9 Å². The maximum Gasteiger partial charge on any atom is 0.131 e. The van der Waals surface area contributed by atoms with E-state index < -0.39 is 0 Å². The fraction of sp³-hybridized carbons (Fsp3) is 0.294. The Kier molecular flexibility index (Phi) is 5.47. The van der Waals surface area contributed by atoms with E-state index in [0.29, 0.717) is 0 Å². The summed E-state index contributed by atoms with van der Waals surface area (Å²) in [5.41, 5.74) is 9.36. The highest BCUT2D eigenvalue weighted by Crippen LogP contribution is 2.32. The molecule has 0 amide bonds. The molecule has 0 aliphatic rings. The number of hydrogen-bond donors (Lipinski definition) is 1. The minimum absolute atomic E-state index is 0.0990. The highest BCUT2D eigenvalue weighted by molar-refractivity contribution is 9.10. The molecular weight excluding hydrogens is 394 g/mol. The van der Waals surface area contributed by atoms with Gasteiger partial charge in [-0.1, -0.05) is 37.9 Å². The molecule has 0 radical (unpaired) electrons. The van der Waals surface area contributed by atoms with E-state index in [0.717, 1.165) is 43.6 Å². The summed E-state index contributed by atoms with van der Waals surface area (Å²) in [4.78, 5) is 0. The fourth-order valence-electron chi connectivity index (χ4n) is 2.23. The third kappa shape index (κ3) is 4.31. The summed E-state index contributed by atoms with van der Waals surface area (Å²) in [6.07, 6.45) is 0.789. The Morgan fingerprint density at radius 1 is 1.10 bits per heavy atom. The molecule has 0 spiro atoms. The van der Waals surface area contributed by atoms with Crippen LogP contribution in [0.15, 0.2) is 39.3 Å². The molecular formula is C17H19Br2NO. The largest absolute Gasteiger partial charge is 0.457 e. The molecule has 21 heavy (non-hydrogen) atoms. The molecule has 1 atom stereocenters. The lowest BCUT2D eigenvalue weighted by Gasteiger charge is -2.15. The van der Waals surface area contributed by atoms with Crippen LogP contribution in [0.2, 0.25) is 0 Å². The molecule has 112 valence electrons. The van der Waals surface area contributed by atoms with Crippen molar-refractivity contribution < 1.29 is 4.74 Å². The number of rotatable bonds is 4. The molecule has 0 saturated carbocycles. The zero-order valence-corrected chi connectivity index (χ0v) is 15.6. The molecule has 2 nitrogen and oxygen atoms in total. The van der Waals surface area contributed by atoms with Gasteiger partial charge in [-0.25, -0.2) is 0 Å². The summed E-state index contributed by atoms with van der Waals surface area (Å²) in [6, 6.07) is 10.2. The van der Waals surface area contributed by atoms with Crippen LogP contribution in [0.1, 0.15) is 23.6 Å². The first-order valence-electron chi connectivity index (χ1n) is 6.85. The Hall–Kier alpha value is -0.840. The van der Waals surface area contributed by atoms with Gasteiger partial charge in [-0.05, 0) is 68.1 Å². The number of ether oxygens (including phenoxy) is 1. The van der Waals surface area contributed by atoms with Crippen LogP contribution in [0, 0.1) is 13.8 Å². The number of halogens is 2. The van der Waals surface area contributed by atoms with E-state index in [9.17, 15) is 0 Å². The van der Waals surface area contributed by atoms with Gasteiger partial charge in [0.2, 0.25) is 0 Å². The molecule has 0 heterocycles. The Balaban J connectivity index is 2.36. The zero-order chi connectivity index (χ0) is 15.6. The maximum absolute atomic E-state index is 6.10. The molecule has 0 fully saturated rings. The van der Waals surface area contributed by atoms with Gasteiger partial charge in [0, 0.05) is 15.0 Å². The van der Waals surface area contributed by atoms with Crippen molar-refractivity contribution in [2.75, 3.05) is 0 Å². The SMILES string of the molecule is Cc1cc(Oc2cc(Br)ccc2CC(C)N)cc(C)c1Br. The molecule has 2 aromatic rings. The average molecular weight is 413 g/mol. The first-order valence-corrected chi connectivity index (χ1v) is 8.44. The summed E-state index contributed by atoms with van der Waals surface area (Å²) in [5.74, 6) is 1.69. The molecule has 0 aliphatic carbocycles. The van der Waals surface area contributed by atoms with E-state index in [1.165, 1.54) is 0 Å². The summed E-state index contributed by atoms with van der Waals surface area (Å²) >= 11 is 7.08. The van der Waals surface area contributed by atoms with Crippen molar-refractivity contribution in [1.29, 1.82) is 0 Å². The van der Waals surface area contributed by atoms with E-state index >= 15 is 0 Å². The first kappa shape index (κ1) is 16.5. The molecule has 0 saturated heterocycles. The van der Waals surface area contributed by atoms with Gasteiger partial charge in [0.05, 0.1) is 0 Å². The predicted octanol–water partition coefficient (Wildman–Crippen LogP) is 5.51. The smallest absolute Gasteiger partial charge is 0.131 e. The van der Waals surface area contributed by atoms with E-state index in [-0.39, 0.29) is 6.04 Å². The van der Waals surface area contributed by atoms with Gasteiger partial charge < -0.3 is 10.5 Å². The Morgan fingerprint density at radius 3 is 2.29 bits per heavy atom. The lowest BCUT2D eigenvalue weighted by molar-refractivity contribution is 0.472. The van der Waals surface area contributed by atoms with E-state index in [2.05, 4.69) is 51.8 Å². The van der Waals surface area contributed by atoms with Crippen LogP contribution < -0.4 is 10.5 Å². The van der Waals surface area contributed by atoms with Crippen LogP contribution in [0.3, 0.4) is 0 Å². The van der Waals surface area contributed by atoms with Gasteiger partial charge in [-0.2, -0.15) is 0 Å². The van der Waals surface area contributed by atoms with Gasteiger partial charge in [0.25, 0.3) is 0 Å². The number of nitrogens with two attached hydrogens (primary N) is 1. The maximum atomic E-state index is 6.10. The van der Waals surface area contributed by atoms with Gasteiger partial charge in [0.15, 0.2) is 0 Å². The van der Waals surface area contributed by atoms with Crippen molar-refractivity contribution >= 4 is 31.9 Å². The molecule has 4 heteroatoms. The average Bonchev–Trinajstić information content (AvgIpc) is 2.38. The van der Waals surface area contributed by atoms with Gasteiger partial charge in [0.1, 0.15) is 11.5 Å². The Labute approximate surface area is 143 Å². The van der Waals surface area contributed by atoms with Crippen LogP contribution in [0.25, 0.3) is 0 Å². The standard InChI is InChI=1S/C17H19Br2NO/c1-10-6-15(7-11(2)17(10)19)21-16-9-14(18)5-4-13(16)8-12(3)20/h4-7,9,12H,8,20H2,1-3H3. The van der Waals surface area contributed by atoms with Crippen LogP contribution in [0.4, 0.5) is 0 Å². The summed E-state index contributed by atoms with van der Waals surface area (Å²) in [7, 11) is 0. The lowest BCUT2D eigenvalue weighted by atomic mass is 10.1. The molecule has 2 N–H and O–H groups in total. The van der Waals surface area contributed by atoms with Crippen molar-refractivity contribution in [3.63, 3.8) is 0 Å². The van der Waals surface area contributed by atoms with Crippen molar-refractivity contribution in [3.8, 4) is 11.5 Å². The van der Waals surface area contributed by atoms with E-state index in [1.807, 2.05) is 31.2 Å². The third-order valence-electron chi connectivity index (χ3n) is 3.21. The van der Waals surface area contributed by atoms with Gasteiger partial charge in [-0.3, -0.25) is 0 Å². The molecule has 0 aromatic heterocycles. The highest BCUT2D eigenvalue weighted by atomic mass is 79.9. The number of hydrogen-bond acceptors (Lipinski definition) is 2. The predicted molar refractivity (Wildman–Crippen MR) is 95.2 cm³/mol. The zero-order valence-electron chi connectivity index (χ0n) is 12.4. The topological polar surface area (TPSA) is 35.2 Å². The van der Waals surface area contributed by atoms with Crippen molar-refractivity contribution in [1.82, 2.24) is 0 Å². The van der Waals surface area contributed by atoms with Crippen molar-refractivity contribution in [3.05, 3.63) is 56.0 Å². The molecule has 2 rings (SSSR count). The highest BCUT2D eigenvalue weighted by Gasteiger charge is 2.10. The van der Waals surface area contributed by atoms with E-state index in [4.69, 9.17) is 10.5 Å². The van der Waals surface area contributed by atoms with Crippen LogP contribution in [-0.4, -0.2) is 6.04 Å². The van der Waals surface area contributed by atoms with Gasteiger partial charge >= 0.3 is 0 Å². The normalized spacial score (nSPS) is 12.3. The minimum atomic E-state index is 0.0990. The summed E-state index contributed by atoms with van der Waals surface area (Å²) in [6.45, 7) is 6.13.